The van der Waals surface area contributed by atoms with Crippen molar-refractivity contribution in [2.75, 3.05) is 26.4 Å². The molecule has 352 valence electrons. The number of allylic oxidation sites excluding steroid dienone is 14. The van der Waals surface area contributed by atoms with Crippen LogP contribution in [0.15, 0.2) is 97.2 Å². The van der Waals surface area contributed by atoms with E-state index in [1.807, 2.05) is 18.2 Å². The maximum Gasteiger partial charge on any atom is 0.472 e. The van der Waals surface area contributed by atoms with Gasteiger partial charge < -0.3 is 34.0 Å². The van der Waals surface area contributed by atoms with E-state index >= 15 is 0 Å². The summed E-state index contributed by atoms with van der Waals surface area (Å²) in [5, 5.41) is 9.75. The number of phosphoric acid groups is 2. The lowest BCUT2D eigenvalue weighted by Crippen LogP contribution is -2.29. The average molecular weight is 913 g/mol. The number of aliphatic hydroxyl groups excluding tert-OH is 1. The summed E-state index contributed by atoms with van der Waals surface area (Å²) < 4.78 is 53.3. The lowest BCUT2D eigenvalue weighted by atomic mass is 10.1. The number of rotatable bonds is 39. The van der Waals surface area contributed by atoms with E-state index in [1.54, 1.807) is 0 Å². The fourth-order valence-corrected chi connectivity index (χ4v) is 6.58. The minimum absolute atomic E-state index is 0.0527. The molecule has 0 radical (unpaired) electrons. The standard InChI is InChI=1S/C46H74O14P2/c1-3-5-7-8-9-10-11-12-13-14-19-22-25-28-32-36-46(49)59-42(40-58-62(53,54)57-38-41(47)37-56-61(50,51)52)39-55-45(48)35-31-27-24-21-18-16-15-17-20-23-26-30-34-44-43(60-44)33-29-6-4-2/h6,9-10,12-13,16-20,22,24,26-27,29-30,41-44,47H,3-5,7-8,11,14-15,21,23,25,28,31-40H2,1-2H3,(H,53,54)(H2,50,51,52)/b10-9-,13-12-,18-16-,20-17-,22-19-,27-24-,29-6-,30-26-/t41-,42+,43?,44?/m0/s1. The normalized spacial score (nSPS) is 18.2. The van der Waals surface area contributed by atoms with Crippen LogP contribution in [0.1, 0.15) is 129 Å². The largest absolute Gasteiger partial charge is 0.472 e. The quantitative estimate of drug-likeness (QED) is 0.0149. The van der Waals surface area contributed by atoms with E-state index in [2.05, 4.69) is 102 Å². The van der Waals surface area contributed by atoms with Gasteiger partial charge in [-0.25, -0.2) is 9.13 Å². The summed E-state index contributed by atoms with van der Waals surface area (Å²) in [6.07, 6.45) is 46.0. The second kappa shape index (κ2) is 37.4. The van der Waals surface area contributed by atoms with Crippen molar-refractivity contribution in [3.8, 4) is 0 Å². The molecule has 5 atom stereocenters. The van der Waals surface area contributed by atoms with E-state index < -0.39 is 66.2 Å². The smallest absolute Gasteiger partial charge is 0.462 e. The Kier molecular flexibility index (Phi) is 34.4. The Morgan fingerprint density at radius 1 is 0.565 bits per heavy atom. The van der Waals surface area contributed by atoms with Gasteiger partial charge in [-0.15, -0.1) is 0 Å². The van der Waals surface area contributed by atoms with Crippen LogP contribution in [0.4, 0.5) is 0 Å². The van der Waals surface area contributed by atoms with Crippen LogP contribution in [0.25, 0.3) is 0 Å². The van der Waals surface area contributed by atoms with E-state index in [0.29, 0.717) is 31.5 Å². The van der Waals surface area contributed by atoms with Crippen molar-refractivity contribution in [3.63, 3.8) is 0 Å². The zero-order valence-corrected chi connectivity index (χ0v) is 38.7. The maximum atomic E-state index is 12.6. The van der Waals surface area contributed by atoms with Crippen LogP contribution < -0.4 is 0 Å². The number of unbranched alkanes of at least 4 members (excludes halogenated alkanes) is 5. The van der Waals surface area contributed by atoms with Gasteiger partial charge in [-0.05, 0) is 89.9 Å². The SMILES string of the molecule is CC/C=C\CC1OC1C/C=C\C/C=C\C/C=C\C/C=C\CCC(=O)OC[C@H](COP(=O)(O)OC[C@@H](O)COP(=O)(O)O)OC(=O)CCCC/C=C\C/C=C\C/C=C\CCCCC. The van der Waals surface area contributed by atoms with Crippen LogP contribution in [-0.2, 0) is 46.5 Å². The Hall–Kier alpha value is -3.00. The second-order valence-electron chi connectivity index (χ2n) is 14.6. The van der Waals surface area contributed by atoms with Crippen molar-refractivity contribution >= 4 is 27.6 Å². The molecular formula is C46H74O14P2. The summed E-state index contributed by atoms with van der Waals surface area (Å²) in [6, 6.07) is 0. The van der Waals surface area contributed by atoms with Crippen LogP contribution in [0.3, 0.4) is 0 Å². The van der Waals surface area contributed by atoms with E-state index in [0.717, 1.165) is 64.2 Å². The van der Waals surface area contributed by atoms with E-state index in [1.165, 1.54) is 19.3 Å². The number of phosphoric ester groups is 2. The van der Waals surface area contributed by atoms with Crippen LogP contribution in [0.5, 0.6) is 0 Å². The first-order valence-electron chi connectivity index (χ1n) is 22.1. The van der Waals surface area contributed by atoms with Gasteiger partial charge in [0.1, 0.15) is 12.7 Å². The number of hydrogen-bond donors (Lipinski definition) is 4. The van der Waals surface area contributed by atoms with Gasteiger partial charge >= 0.3 is 27.6 Å². The van der Waals surface area contributed by atoms with Crippen molar-refractivity contribution < 1.29 is 66.3 Å². The Balaban J connectivity index is 2.43. The van der Waals surface area contributed by atoms with Gasteiger partial charge in [0.15, 0.2) is 6.10 Å². The van der Waals surface area contributed by atoms with Crippen molar-refractivity contribution in [2.24, 2.45) is 0 Å². The van der Waals surface area contributed by atoms with Crippen molar-refractivity contribution in [1.82, 2.24) is 0 Å². The minimum Gasteiger partial charge on any atom is -0.462 e. The van der Waals surface area contributed by atoms with Crippen molar-refractivity contribution in [1.29, 1.82) is 0 Å². The Morgan fingerprint density at radius 3 is 1.60 bits per heavy atom. The summed E-state index contributed by atoms with van der Waals surface area (Å²) in [5.74, 6) is -1.19. The highest BCUT2D eigenvalue weighted by atomic mass is 31.2. The molecule has 0 spiro atoms. The molecule has 0 aromatic carbocycles. The first-order chi connectivity index (χ1) is 29.8. The molecular weight excluding hydrogens is 838 g/mol. The average Bonchev–Trinajstić information content (AvgIpc) is 3.99. The van der Waals surface area contributed by atoms with E-state index in [9.17, 15) is 28.7 Å². The molecule has 1 saturated heterocycles. The zero-order valence-electron chi connectivity index (χ0n) is 36.9. The monoisotopic (exact) mass is 912 g/mol. The Bertz CT molecular complexity index is 1530. The van der Waals surface area contributed by atoms with Gasteiger partial charge in [0, 0.05) is 12.8 Å². The molecule has 1 aliphatic rings. The van der Waals surface area contributed by atoms with E-state index in [4.69, 9.17) is 28.5 Å². The molecule has 0 aromatic heterocycles. The Morgan fingerprint density at radius 2 is 1.05 bits per heavy atom. The van der Waals surface area contributed by atoms with Crippen LogP contribution in [-0.4, -0.2) is 82.6 Å². The van der Waals surface area contributed by atoms with Crippen LogP contribution in [0, 0.1) is 0 Å². The van der Waals surface area contributed by atoms with Crippen molar-refractivity contribution in [2.45, 2.75) is 154 Å². The third-order valence-electron chi connectivity index (χ3n) is 8.86. The molecule has 3 unspecified atom stereocenters. The minimum atomic E-state index is -4.88. The molecule has 0 amide bonds. The topological polar surface area (TPSA) is 208 Å². The van der Waals surface area contributed by atoms with Gasteiger partial charge in [-0.2, -0.15) is 0 Å². The maximum absolute atomic E-state index is 12.6. The zero-order chi connectivity index (χ0) is 45.6. The molecule has 0 saturated carbocycles. The molecule has 1 rings (SSSR count). The third kappa shape index (κ3) is 37.5. The van der Waals surface area contributed by atoms with Gasteiger partial charge in [-0.1, -0.05) is 124 Å². The molecule has 1 heterocycles. The van der Waals surface area contributed by atoms with Crippen molar-refractivity contribution in [3.05, 3.63) is 97.2 Å². The number of esters is 2. The summed E-state index contributed by atoms with van der Waals surface area (Å²) in [7, 11) is -9.72. The molecule has 1 aliphatic heterocycles. The predicted octanol–water partition coefficient (Wildman–Crippen LogP) is 10.3. The van der Waals surface area contributed by atoms with Gasteiger partial charge in [0.25, 0.3) is 0 Å². The van der Waals surface area contributed by atoms with Gasteiger partial charge in [-0.3, -0.25) is 23.2 Å². The summed E-state index contributed by atoms with van der Waals surface area (Å²) in [5.41, 5.74) is 0. The molecule has 4 N–H and O–H groups in total. The summed E-state index contributed by atoms with van der Waals surface area (Å²) in [4.78, 5) is 52.7. The fraction of sp³-hybridized carbons (Fsp3) is 0.609. The lowest BCUT2D eigenvalue weighted by Gasteiger charge is -2.20. The lowest BCUT2D eigenvalue weighted by molar-refractivity contribution is -0.161. The molecule has 0 aromatic rings. The number of carbonyl (C=O) groups is 2. The molecule has 62 heavy (non-hydrogen) atoms. The first-order valence-corrected chi connectivity index (χ1v) is 25.1. The van der Waals surface area contributed by atoms with Crippen LogP contribution in [0.2, 0.25) is 0 Å². The highest BCUT2D eigenvalue weighted by molar-refractivity contribution is 7.47. The number of hydrogen-bond acceptors (Lipinski definition) is 11. The van der Waals surface area contributed by atoms with Crippen LogP contribution >= 0.6 is 15.6 Å². The Labute approximate surface area is 370 Å². The molecule has 14 nitrogen and oxygen atoms in total. The number of carbonyl (C=O) groups excluding carboxylic acids is 2. The number of aliphatic hydroxyl groups is 1. The number of ether oxygens (including phenoxy) is 3. The van der Waals surface area contributed by atoms with E-state index in [-0.39, 0.29) is 12.8 Å². The molecule has 1 fully saturated rings. The van der Waals surface area contributed by atoms with Gasteiger partial charge in [0.05, 0.1) is 32.0 Å². The highest BCUT2D eigenvalue weighted by Crippen LogP contribution is 2.44. The molecule has 16 heteroatoms. The molecule has 0 aliphatic carbocycles. The summed E-state index contributed by atoms with van der Waals surface area (Å²) in [6.45, 7) is 1.46. The molecule has 0 bridgehead atoms. The fourth-order valence-electron chi connectivity index (χ4n) is 5.42. The highest BCUT2D eigenvalue weighted by Gasteiger charge is 2.36. The van der Waals surface area contributed by atoms with Gasteiger partial charge in [0.2, 0.25) is 0 Å². The third-order valence-corrected chi connectivity index (χ3v) is 10.3. The number of epoxide rings is 1. The summed E-state index contributed by atoms with van der Waals surface area (Å²) >= 11 is 0. The first kappa shape index (κ1) is 57.0. The predicted molar refractivity (Wildman–Crippen MR) is 243 cm³/mol. The second-order valence-corrected chi connectivity index (χ2v) is 17.3.